The fourth-order valence-corrected chi connectivity index (χ4v) is 4.65. The van der Waals surface area contributed by atoms with Crippen LogP contribution in [0.5, 0.6) is 0 Å². The third-order valence-corrected chi connectivity index (χ3v) is 6.73. The number of benzene rings is 2. The summed E-state index contributed by atoms with van der Waals surface area (Å²) in [7, 11) is 0. The largest absolute Gasteiger partial charge is 0.356 e. The molecule has 0 bridgehead atoms. The topological polar surface area (TPSA) is 61.4 Å². The monoisotopic (exact) mass is 441 g/mol. The van der Waals surface area contributed by atoms with Crippen LogP contribution in [0.4, 0.5) is 10.6 Å². The first-order valence-corrected chi connectivity index (χ1v) is 11.9. The van der Waals surface area contributed by atoms with Crippen molar-refractivity contribution in [1.29, 1.82) is 0 Å². The van der Waals surface area contributed by atoms with Gasteiger partial charge in [0.1, 0.15) is 5.82 Å². The number of hydrogen-bond acceptors (Lipinski definition) is 4. The van der Waals surface area contributed by atoms with Gasteiger partial charge >= 0.3 is 6.03 Å². The van der Waals surface area contributed by atoms with Crippen molar-refractivity contribution in [2.75, 3.05) is 24.5 Å². The van der Waals surface area contributed by atoms with Crippen LogP contribution in [0.15, 0.2) is 60.7 Å². The van der Waals surface area contributed by atoms with Crippen LogP contribution in [0.3, 0.4) is 0 Å². The van der Waals surface area contributed by atoms with Crippen molar-refractivity contribution in [1.82, 2.24) is 20.2 Å². The SMILES string of the molecule is CC1CCN(c2nc(-c3ccccc3)nc3c2CN(C(=O)NCc2ccccc2)CC3)CC1. The number of amides is 2. The van der Waals surface area contributed by atoms with Gasteiger partial charge in [-0.25, -0.2) is 14.8 Å². The molecular formula is C27H31N5O. The van der Waals surface area contributed by atoms with Crippen LogP contribution in [-0.2, 0) is 19.5 Å². The lowest BCUT2D eigenvalue weighted by Crippen LogP contribution is -2.44. The van der Waals surface area contributed by atoms with E-state index in [2.05, 4.69) is 29.3 Å². The maximum atomic E-state index is 13.0. The molecule has 0 saturated carbocycles. The molecule has 0 atom stereocenters. The summed E-state index contributed by atoms with van der Waals surface area (Å²) >= 11 is 0. The molecule has 3 aromatic rings. The molecule has 6 heteroatoms. The molecule has 1 aromatic heterocycles. The number of nitrogens with zero attached hydrogens (tertiary/aromatic N) is 4. The second kappa shape index (κ2) is 9.61. The first-order valence-electron chi connectivity index (χ1n) is 11.9. The Balaban J connectivity index is 1.40. The number of aromatic nitrogens is 2. The fourth-order valence-electron chi connectivity index (χ4n) is 4.65. The average Bonchev–Trinajstić information content (AvgIpc) is 2.88. The van der Waals surface area contributed by atoms with E-state index in [1.807, 2.05) is 53.4 Å². The van der Waals surface area contributed by atoms with E-state index in [0.29, 0.717) is 19.6 Å². The van der Waals surface area contributed by atoms with Crippen LogP contribution in [0, 0.1) is 5.92 Å². The van der Waals surface area contributed by atoms with E-state index in [1.54, 1.807) is 0 Å². The Hall–Kier alpha value is -3.41. The molecule has 2 aliphatic heterocycles. The zero-order valence-electron chi connectivity index (χ0n) is 19.2. The first-order chi connectivity index (χ1) is 16.2. The second-order valence-corrected chi connectivity index (χ2v) is 9.15. The molecule has 1 N–H and O–H groups in total. The summed E-state index contributed by atoms with van der Waals surface area (Å²) in [6, 6.07) is 20.2. The Bertz CT molecular complexity index is 1090. The molecule has 3 heterocycles. The summed E-state index contributed by atoms with van der Waals surface area (Å²) in [5.41, 5.74) is 4.31. The van der Waals surface area contributed by atoms with Crippen molar-refractivity contribution in [3.05, 3.63) is 77.5 Å². The highest BCUT2D eigenvalue weighted by molar-refractivity contribution is 5.75. The van der Waals surface area contributed by atoms with E-state index in [1.165, 1.54) is 12.8 Å². The van der Waals surface area contributed by atoms with E-state index in [0.717, 1.165) is 59.5 Å². The normalized spacial score (nSPS) is 16.4. The summed E-state index contributed by atoms with van der Waals surface area (Å²) in [6.45, 7) is 6.06. The van der Waals surface area contributed by atoms with Crippen molar-refractivity contribution in [3.63, 3.8) is 0 Å². The Morgan fingerprint density at radius 1 is 0.970 bits per heavy atom. The van der Waals surface area contributed by atoms with Crippen LogP contribution in [-0.4, -0.2) is 40.5 Å². The molecule has 6 nitrogen and oxygen atoms in total. The third-order valence-electron chi connectivity index (χ3n) is 6.73. The van der Waals surface area contributed by atoms with E-state index in [4.69, 9.17) is 9.97 Å². The van der Waals surface area contributed by atoms with E-state index >= 15 is 0 Å². The van der Waals surface area contributed by atoms with Crippen LogP contribution < -0.4 is 10.2 Å². The lowest BCUT2D eigenvalue weighted by atomic mass is 9.98. The Morgan fingerprint density at radius 2 is 1.67 bits per heavy atom. The highest BCUT2D eigenvalue weighted by atomic mass is 16.2. The number of rotatable bonds is 4. The molecule has 2 amide bonds. The lowest BCUT2D eigenvalue weighted by Gasteiger charge is -2.36. The standard InChI is InChI=1S/C27H31N5O/c1-20-12-15-31(16-13-20)26-23-19-32(27(33)28-18-21-8-4-2-5-9-21)17-14-24(23)29-25(30-26)22-10-6-3-7-11-22/h2-11,20H,12-19H2,1H3,(H,28,33). The lowest BCUT2D eigenvalue weighted by molar-refractivity contribution is 0.191. The van der Waals surface area contributed by atoms with Crippen molar-refractivity contribution >= 4 is 11.8 Å². The number of fused-ring (bicyclic) bond motifs is 1. The maximum Gasteiger partial charge on any atom is 0.317 e. The van der Waals surface area contributed by atoms with E-state index in [-0.39, 0.29) is 6.03 Å². The molecule has 1 fully saturated rings. The molecule has 2 aliphatic rings. The predicted molar refractivity (Wildman–Crippen MR) is 131 cm³/mol. The summed E-state index contributed by atoms with van der Waals surface area (Å²) in [6.07, 6.45) is 3.08. The van der Waals surface area contributed by atoms with Gasteiger partial charge in [-0.05, 0) is 24.3 Å². The number of nitrogens with one attached hydrogen (secondary N) is 1. The quantitative estimate of drug-likeness (QED) is 0.640. The van der Waals surface area contributed by atoms with Crippen LogP contribution in [0.25, 0.3) is 11.4 Å². The van der Waals surface area contributed by atoms with E-state index in [9.17, 15) is 4.79 Å². The molecular weight excluding hydrogens is 410 g/mol. The third kappa shape index (κ3) is 4.85. The van der Waals surface area contributed by atoms with Gasteiger partial charge in [0.15, 0.2) is 5.82 Å². The first kappa shape index (κ1) is 21.4. The Labute approximate surface area is 195 Å². The highest BCUT2D eigenvalue weighted by Gasteiger charge is 2.29. The zero-order chi connectivity index (χ0) is 22.6. The number of urea groups is 1. The fraction of sp³-hybridized carbons (Fsp3) is 0.370. The highest BCUT2D eigenvalue weighted by Crippen LogP contribution is 2.32. The molecule has 0 unspecified atom stereocenters. The van der Waals surface area contributed by atoms with Gasteiger partial charge < -0.3 is 15.1 Å². The number of anilines is 1. The number of carbonyl (C=O) groups is 1. The van der Waals surface area contributed by atoms with Crippen LogP contribution >= 0.6 is 0 Å². The van der Waals surface area contributed by atoms with Gasteiger partial charge in [-0.2, -0.15) is 0 Å². The predicted octanol–water partition coefficient (Wildman–Crippen LogP) is 4.65. The second-order valence-electron chi connectivity index (χ2n) is 9.15. The summed E-state index contributed by atoms with van der Waals surface area (Å²) < 4.78 is 0. The van der Waals surface area contributed by atoms with Gasteiger partial charge in [-0.3, -0.25) is 0 Å². The molecule has 2 aromatic carbocycles. The summed E-state index contributed by atoms with van der Waals surface area (Å²) in [5.74, 6) is 2.53. The molecule has 5 rings (SSSR count). The Kier molecular flexibility index (Phi) is 6.24. The average molecular weight is 442 g/mol. The minimum atomic E-state index is -0.0325. The molecule has 170 valence electrons. The summed E-state index contributed by atoms with van der Waals surface area (Å²) in [5, 5.41) is 3.07. The van der Waals surface area contributed by atoms with Crippen molar-refractivity contribution in [2.24, 2.45) is 5.92 Å². The minimum Gasteiger partial charge on any atom is -0.356 e. The smallest absolute Gasteiger partial charge is 0.317 e. The number of piperidine rings is 1. The molecule has 0 aliphatic carbocycles. The number of hydrogen-bond donors (Lipinski definition) is 1. The maximum absolute atomic E-state index is 13.0. The van der Waals surface area contributed by atoms with E-state index < -0.39 is 0 Å². The van der Waals surface area contributed by atoms with Crippen molar-refractivity contribution < 1.29 is 4.79 Å². The molecule has 0 spiro atoms. The molecule has 0 radical (unpaired) electrons. The van der Waals surface area contributed by atoms with Crippen LogP contribution in [0.2, 0.25) is 0 Å². The Morgan fingerprint density at radius 3 is 2.39 bits per heavy atom. The van der Waals surface area contributed by atoms with Gasteiger partial charge in [-0.1, -0.05) is 67.6 Å². The van der Waals surface area contributed by atoms with Gasteiger partial charge in [-0.15, -0.1) is 0 Å². The van der Waals surface area contributed by atoms with Gasteiger partial charge in [0.2, 0.25) is 0 Å². The van der Waals surface area contributed by atoms with Gasteiger partial charge in [0, 0.05) is 43.7 Å². The minimum absolute atomic E-state index is 0.0325. The van der Waals surface area contributed by atoms with Gasteiger partial charge in [0.05, 0.1) is 12.2 Å². The summed E-state index contributed by atoms with van der Waals surface area (Å²) in [4.78, 5) is 27.3. The van der Waals surface area contributed by atoms with Crippen LogP contribution in [0.1, 0.15) is 36.6 Å². The van der Waals surface area contributed by atoms with Crippen molar-refractivity contribution in [2.45, 2.75) is 39.3 Å². The van der Waals surface area contributed by atoms with Gasteiger partial charge in [0.25, 0.3) is 0 Å². The molecule has 1 saturated heterocycles. The number of carbonyl (C=O) groups excluding carboxylic acids is 1. The zero-order valence-corrected chi connectivity index (χ0v) is 19.2. The van der Waals surface area contributed by atoms with Crippen molar-refractivity contribution in [3.8, 4) is 11.4 Å². The molecule has 33 heavy (non-hydrogen) atoms.